The van der Waals surface area contributed by atoms with E-state index in [1.54, 1.807) is 36.4 Å². The number of carbonyl (C=O) groups excluding carboxylic acids is 2. The number of amides is 2. The minimum absolute atomic E-state index is 0.0847. The molecule has 0 aliphatic heterocycles. The maximum Gasteiger partial charge on any atom is 0.264 e. The Bertz CT molecular complexity index is 1740. The van der Waals surface area contributed by atoms with E-state index in [1.807, 2.05) is 109 Å². The number of benzene rings is 4. The fourth-order valence-electron chi connectivity index (χ4n) is 5.36. The third-order valence-corrected chi connectivity index (χ3v) is 9.41. The zero-order chi connectivity index (χ0) is 33.6. The van der Waals surface area contributed by atoms with E-state index >= 15 is 0 Å². The Kier molecular flexibility index (Phi) is 10.7. The van der Waals surface area contributed by atoms with Gasteiger partial charge in [0.1, 0.15) is 12.6 Å². The van der Waals surface area contributed by atoms with Crippen molar-refractivity contribution in [3.8, 4) is 0 Å². The lowest BCUT2D eigenvalue weighted by Gasteiger charge is -2.35. The van der Waals surface area contributed by atoms with Crippen LogP contribution in [0.5, 0.6) is 0 Å². The number of aryl methyl sites for hydroxylation is 4. The molecule has 0 spiro atoms. The molecule has 7 nitrogen and oxygen atoms in total. The van der Waals surface area contributed by atoms with Crippen molar-refractivity contribution < 1.29 is 18.0 Å². The summed E-state index contributed by atoms with van der Waals surface area (Å²) in [6, 6.07) is 28.5. The second-order valence-electron chi connectivity index (χ2n) is 13.1. The predicted octanol–water partition coefficient (Wildman–Crippen LogP) is 6.67. The number of sulfonamides is 1. The predicted molar refractivity (Wildman–Crippen MR) is 185 cm³/mol. The molecule has 4 rings (SSSR count). The lowest BCUT2D eigenvalue weighted by atomic mass is 10.0. The van der Waals surface area contributed by atoms with E-state index in [0.29, 0.717) is 5.69 Å². The summed E-state index contributed by atoms with van der Waals surface area (Å²) < 4.78 is 29.7. The second kappa shape index (κ2) is 14.3. The van der Waals surface area contributed by atoms with Gasteiger partial charge in [-0.3, -0.25) is 13.9 Å². The summed E-state index contributed by atoms with van der Waals surface area (Å²) in [5.74, 6) is -0.795. The highest BCUT2D eigenvalue weighted by atomic mass is 32.2. The van der Waals surface area contributed by atoms with Crippen molar-refractivity contribution in [3.63, 3.8) is 0 Å². The molecule has 0 aliphatic rings. The molecule has 0 aromatic heterocycles. The maximum absolute atomic E-state index is 14.6. The maximum atomic E-state index is 14.6. The molecule has 0 aliphatic carbocycles. The van der Waals surface area contributed by atoms with Crippen LogP contribution in [0.3, 0.4) is 0 Å². The van der Waals surface area contributed by atoms with E-state index in [4.69, 9.17) is 0 Å². The van der Waals surface area contributed by atoms with Gasteiger partial charge in [0.25, 0.3) is 10.0 Å². The van der Waals surface area contributed by atoms with Crippen LogP contribution in [0, 0.1) is 27.7 Å². The molecule has 8 heteroatoms. The quantitative estimate of drug-likeness (QED) is 0.199. The third kappa shape index (κ3) is 9.07. The molecule has 0 heterocycles. The fraction of sp³-hybridized carbons (Fsp3) is 0.316. The minimum atomic E-state index is -4.16. The first kappa shape index (κ1) is 34.4. The van der Waals surface area contributed by atoms with Crippen LogP contribution in [0.25, 0.3) is 0 Å². The van der Waals surface area contributed by atoms with Gasteiger partial charge in [0.05, 0.1) is 10.6 Å². The molecular weight excluding hydrogens is 595 g/mol. The molecule has 242 valence electrons. The zero-order valence-electron chi connectivity index (χ0n) is 27.9. The highest BCUT2D eigenvalue weighted by molar-refractivity contribution is 7.92. The van der Waals surface area contributed by atoms with E-state index < -0.39 is 34.1 Å². The van der Waals surface area contributed by atoms with E-state index in [1.165, 1.54) is 9.21 Å². The molecule has 2 amide bonds. The number of carbonyl (C=O) groups is 2. The van der Waals surface area contributed by atoms with Crippen LogP contribution in [0.2, 0.25) is 0 Å². The van der Waals surface area contributed by atoms with Crippen molar-refractivity contribution in [2.75, 3.05) is 10.8 Å². The lowest BCUT2D eigenvalue weighted by molar-refractivity contribution is -0.140. The Labute approximate surface area is 274 Å². The number of anilines is 1. The van der Waals surface area contributed by atoms with E-state index in [-0.39, 0.29) is 23.8 Å². The van der Waals surface area contributed by atoms with Crippen molar-refractivity contribution in [2.24, 2.45) is 0 Å². The SMILES string of the molecule is Cc1ccc(CN(C(=O)CN(c2cc(C)cc(C)c2)S(=O)(=O)c2ccc(C)cc2)[C@@H](Cc2ccccc2)C(=O)NC(C)(C)C)cc1. The van der Waals surface area contributed by atoms with Crippen LogP contribution >= 0.6 is 0 Å². The molecule has 0 fully saturated rings. The summed E-state index contributed by atoms with van der Waals surface area (Å²) >= 11 is 0. The Hall–Kier alpha value is -4.43. The Morgan fingerprint density at radius 1 is 0.717 bits per heavy atom. The smallest absolute Gasteiger partial charge is 0.264 e. The van der Waals surface area contributed by atoms with Crippen LogP contribution in [0.15, 0.2) is 102 Å². The second-order valence-corrected chi connectivity index (χ2v) is 15.0. The van der Waals surface area contributed by atoms with Gasteiger partial charge in [0, 0.05) is 18.5 Å². The average Bonchev–Trinajstić information content (AvgIpc) is 2.97. The van der Waals surface area contributed by atoms with Gasteiger partial charge in [0.2, 0.25) is 11.8 Å². The molecule has 0 saturated heterocycles. The summed E-state index contributed by atoms with van der Waals surface area (Å²) in [5, 5.41) is 3.07. The van der Waals surface area contributed by atoms with Crippen molar-refractivity contribution in [1.29, 1.82) is 0 Å². The minimum Gasteiger partial charge on any atom is -0.350 e. The van der Waals surface area contributed by atoms with Crippen LogP contribution in [-0.2, 0) is 32.6 Å². The monoisotopic (exact) mass is 639 g/mol. The number of hydrogen-bond donors (Lipinski definition) is 1. The third-order valence-electron chi connectivity index (χ3n) is 7.63. The molecule has 46 heavy (non-hydrogen) atoms. The molecule has 4 aromatic carbocycles. The number of rotatable bonds is 11. The summed E-state index contributed by atoms with van der Waals surface area (Å²) in [6.07, 6.45) is 0.259. The average molecular weight is 640 g/mol. The first-order chi connectivity index (χ1) is 21.6. The molecule has 0 radical (unpaired) electrons. The summed E-state index contributed by atoms with van der Waals surface area (Å²) in [6.45, 7) is 13.0. The van der Waals surface area contributed by atoms with Crippen molar-refractivity contribution >= 4 is 27.5 Å². The Balaban J connectivity index is 1.84. The summed E-state index contributed by atoms with van der Waals surface area (Å²) in [5.41, 5.74) is 5.29. The highest BCUT2D eigenvalue weighted by Gasteiger charge is 2.35. The van der Waals surface area contributed by atoms with Crippen molar-refractivity contribution in [1.82, 2.24) is 10.2 Å². The van der Waals surface area contributed by atoms with Gasteiger partial charge < -0.3 is 10.2 Å². The van der Waals surface area contributed by atoms with Crippen LogP contribution in [0.1, 0.15) is 54.2 Å². The molecule has 0 saturated carbocycles. The van der Waals surface area contributed by atoms with Gasteiger partial charge in [-0.05, 0) is 95.0 Å². The standard InChI is InChI=1S/C38H45N3O4S/c1-27-13-17-32(18-14-27)25-40(35(37(43)39-38(5,6)7)24-31-11-9-8-10-12-31)36(42)26-41(33-22-29(3)21-30(4)23-33)46(44,45)34-19-15-28(2)16-20-34/h8-23,35H,24-26H2,1-7H3,(H,39,43)/t35-/m0/s1. The van der Waals surface area contributed by atoms with Crippen LogP contribution in [-0.4, -0.2) is 43.3 Å². The van der Waals surface area contributed by atoms with Crippen molar-refractivity contribution in [2.45, 2.75) is 77.9 Å². The highest BCUT2D eigenvalue weighted by Crippen LogP contribution is 2.27. The topological polar surface area (TPSA) is 86.8 Å². The molecule has 1 atom stereocenters. The van der Waals surface area contributed by atoms with Crippen molar-refractivity contribution in [3.05, 3.63) is 130 Å². The first-order valence-corrected chi connectivity index (χ1v) is 16.9. The van der Waals surface area contributed by atoms with Crippen LogP contribution < -0.4 is 9.62 Å². The number of nitrogens with zero attached hydrogens (tertiary/aromatic N) is 2. The van der Waals surface area contributed by atoms with Gasteiger partial charge in [-0.25, -0.2) is 8.42 Å². The number of nitrogens with one attached hydrogen (secondary N) is 1. The molecule has 0 bridgehead atoms. The first-order valence-electron chi connectivity index (χ1n) is 15.5. The zero-order valence-corrected chi connectivity index (χ0v) is 28.7. The molecule has 4 aromatic rings. The normalized spacial score (nSPS) is 12.3. The summed E-state index contributed by atoms with van der Waals surface area (Å²) in [4.78, 5) is 30.3. The van der Waals surface area contributed by atoms with Gasteiger partial charge in [-0.2, -0.15) is 0 Å². The van der Waals surface area contributed by atoms with E-state index in [2.05, 4.69) is 5.32 Å². The fourth-order valence-corrected chi connectivity index (χ4v) is 6.76. The Morgan fingerprint density at radius 2 is 1.26 bits per heavy atom. The van der Waals surface area contributed by atoms with Crippen LogP contribution in [0.4, 0.5) is 5.69 Å². The molecule has 0 unspecified atom stereocenters. The molecule has 1 N–H and O–H groups in total. The molecular formula is C38H45N3O4S. The Morgan fingerprint density at radius 3 is 1.80 bits per heavy atom. The van der Waals surface area contributed by atoms with Gasteiger partial charge >= 0.3 is 0 Å². The van der Waals surface area contributed by atoms with E-state index in [9.17, 15) is 18.0 Å². The van der Waals surface area contributed by atoms with Gasteiger partial charge in [-0.15, -0.1) is 0 Å². The van der Waals surface area contributed by atoms with Gasteiger partial charge in [-0.1, -0.05) is 83.9 Å². The largest absolute Gasteiger partial charge is 0.350 e. The summed E-state index contributed by atoms with van der Waals surface area (Å²) in [7, 11) is -4.16. The van der Waals surface area contributed by atoms with E-state index in [0.717, 1.165) is 33.4 Å². The number of hydrogen-bond acceptors (Lipinski definition) is 4. The lowest BCUT2D eigenvalue weighted by Crippen LogP contribution is -2.56. The van der Waals surface area contributed by atoms with Gasteiger partial charge in [0.15, 0.2) is 0 Å².